The van der Waals surface area contributed by atoms with Gasteiger partial charge in [-0.15, -0.1) is 0 Å². The highest BCUT2D eigenvalue weighted by atomic mass is 32.1. The standard InChI is InChI=1S/C12H13NO4S/c1-12(2,13(15)16)8-10(18-17)11(14)9-6-4-3-5-7-9/h3-7H,8H2,1-2H3. The molecule has 0 aliphatic rings. The monoisotopic (exact) mass is 267 g/mol. The van der Waals surface area contributed by atoms with E-state index < -0.39 is 16.2 Å². The highest BCUT2D eigenvalue weighted by molar-refractivity contribution is 7.68. The van der Waals surface area contributed by atoms with Gasteiger partial charge in [-0.3, -0.25) is 14.9 Å². The van der Waals surface area contributed by atoms with Gasteiger partial charge in [-0.2, -0.15) is 0 Å². The Balaban J connectivity index is 2.97. The maximum Gasteiger partial charge on any atom is 0.221 e. The molecule has 5 nitrogen and oxygen atoms in total. The van der Waals surface area contributed by atoms with Crippen LogP contribution in [0.4, 0.5) is 0 Å². The predicted molar refractivity (Wildman–Crippen MR) is 69.6 cm³/mol. The maximum absolute atomic E-state index is 12.0. The quantitative estimate of drug-likeness (QED) is 0.352. The number of rotatable bonds is 5. The molecule has 0 bridgehead atoms. The van der Waals surface area contributed by atoms with E-state index in [9.17, 15) is 19.1 Å². The number of nitrogens with zero attached hydrogens (tertiary/aromatic N) is 1. The second-order valence-electron chi connectivity index (χ2n) is 4.45. The van der Waals surface area contributed by atoms with Crippen molar-refractivity contribution >= 4 is 21.9 Å². The van der Waals surface area contributed by atoms with Crippen LogP contribution in [-0.2, 0) is 11.3 Å². The van der Waals surface area contributed by atoms with Gasteiger partial charge in [-0.05, 0) is 0 Å². The molecule has 0 aliphatic heterocycles. The SMILES string of the molecule is CC(C)(CC(=S=O)C(=O)c1ccccc1)[N+](=O)[O-]. The van der Waals surface area contributed by atoms with Gasteiger partial charge in [0.2, 0.25) is 11.3 Å². The van der Waals surface area contributed by atoms with Gasteiger partial charge in [-0.1, -0.05) is 30.3 Å². The van der Waals surface area contributed by atoms with E-state index in [0.717, 1.165) is 0 Å². The van der Waals surface area contributed by atoms with Crippen molar-refractivity contribution in [3.05, 3.63) is 46.0 Å². The summed E-state index contributed by atoms with van der Waals surface area (Å²) in [6.45, 7) is 2.78. The van der Waals surface area contributed by atoms with Gasteiger partial charge < -0.3 is 0 Å². The highest BCUT2D eigenvalue weighted by Gasteiger charge is 2.34. The van der Waals surface area contributed by atoms with Crippen LogP contribution in [0.2, 0.25) is 0 Å². The van der Waals surface area contributed by atoms with E-state index >= 15 is 0 Å². The van der Waals surface area contributed by atoms with Crippen LogP contribution < -0.4 is 0 Å². The van der Waals surface area contributed by atoms with Gasteiger partial charge in [0.05, 0.1) is 17.7 Å². The summed E-state index contributed by atoms with van der Waals surface area (Å²) in [5.41, 5.74) is -0.952. The molecule has 18 heavy (non-hydrogen) atoms. The number of Topliss-reactive ketones (excluding diaryl/α,β-unsaturated/α-hetero) is 1. The summed E-state index contributed by atoms with van der Waals surface area (Å²) >= 11 is 0.0298. The average molecular weight is 267 g/mol. The first kappa shape index (κ1) is 14.2. The summed E-state index contributed by atoms with van der Waals surface area (Å²) in [6.07, 6.45) is -0.165. The zero-order valence-corrected chi connectivity index (χ0v) is 10.9. The van der Waals surface area contributed by atoms with Crippen molar-refractivity contribution in [3.63, 3.8) is 0 Å². The van der Waals surface area contributed by atoms with Crippen molar-refractivity contribution < 1.29 is 13.9 Å². The third kappa shape index (κ3) is 3.33. The van der Waals surface area contributed by atoms with Gasteiger partial charge in [0.25, 0.3) is 0 Å². The molecule has 6 heteroatoms. The Labute approximate surface area is 108 Å². The average Bonchev–Trinajstić information content (AvgIpc) is 2.36. The molecule has 0 saturated carbocycles. The van der Waals surface area contributed by atoms with Crippen LogP contribution in [-0.4, -0.2) is 25.3 Å². The third-order valence-electron chi connectivity index (χ3n) is 2.48. The number of ketones is 1. The molecule has 0 N–H and O–H groups in total. The molecule has 0 heterocycles. The maximum atomic E-state index is 12.0. The first-order valence-electron chi connectivity index (χ1n) is 5.28. The lowest BCUT2D eigenvalue weighted by Crippen LogP contribution is -2.35. The fourth-order valence-electron chi connectivity index (χ4n) is 1.36. The lowest BCUT2D eigenvalue weighted by Gasteiger charge is -2.15. The number of nitro groups is 1. The smallest absolute Gasteiger partial charge is 0.221 e. The minimum atomic E-state index is -1.32. The van der Waals surface area contributed by atoms with Crippen molar-refractivity contribution in [1.29, 1.82) is 0 Å². The van der Waals surface area contributed by atoms with E-state index in [1.165, 1.54) is 13.8 Å². The van der Waals surface area contributed by atoms with Crippen molar-refractivity contribution in [2.24, 2.45) is 0 Å². The molecule has 0 saturated heterocycles. The molecule has 96 valence electrons. The molecule has 0 fully saturated rings. The molecule has 0 atom stereocenters. The van der Waals surface area contributed by atoms with E-state index in [4.69, 9.17) is 0 Å². The number of hydrogen-bond acceptors (Lipinski definition) is 4. The Bertz CT molecular complexity index is 518. The van der Waals surface area contributed by atoms with Crippen LogP contribution in [0.3, 0.4) is 0 Å². The van der Waals surface area contributed by atoms with E-state index in [2.05, 4.69) is 0 Å². The van der Waals surface area contributed by atoms with Crippen LogP contribution in [0, 0.1) is 10.1 Å². The summed E-state index contributed by atoms with van der Waals surface area (Å²) in [4.78, 5) is 22.3. The Kier molecular flexibility index (Phi) is 4.49. The number of hydrogen-bond donors (Lipinski definition) is 0. The Morgan fingerprint density at radius 1 is 1.33 bits per heavy atom. The fourth-order valence-corrected chi connectivity index (χ4v) is 1.96. The van der Waals surface area contributed by atoms with E-state index in [0.29, 0.717) is 5.56 Å². The second kappa shape index (κ2) is 5.68. The molecule has 0 radical (unpaired) electrons. The summed E-state index contributed by atoms with van der Waals surface area (Å²) in [5, 5.41) is 10.8. The Morgan fingerprint density at radius 2 is 1.89 bits per heavy atom. The Morgan fingerprint density at radius 3 is 2.33 bits per heavy atom. The van der Waals surface area contributed by atoms with Gasteiger partial charge >= 0.3 is 0 Å². The number of carbonyl (C=O) groups is 1. The molecular formula is C12H13NO4S. The summed E-state index contributed by atoms with van der Waals surface area (Å²) in [7, 11) is 0. The minimum absolute atomic E-state index is 0.0298. The number of carbonyl (C=O) groups excluding carboxylic acids is 1. The van der Waals surface area contributed by atoms with E-state index in [-0.39, 0.29) is 22.5 Å². The van der Waals surface area contributed by atoms with Crippen LogP contribution in [0.5, 0.6) is 0 Å². The van der Waals surface area contributed by atoms with Gasteiger partial charge in [-0.25, -0.2) is 4.21 Å². The van der Waals surface area contributed by atoms with Crippen molar-refractivity contribution in [3.8, 4) is 0 Å². The summed E-state index contributed by atoms with van der Waals surface area (Å²) in [5.74, 6) is -0.439. The number of benzene rings is 1. The van der Waals surface area contributed by atoms with Gasteiger partial charge in [0.15, 0.2) is 0 Å². The summed E-state index contributed by atoms with van der Waals surface area (Å²) in [6, 6.07) is 8.27. The first-order valence-corrected chi connectivity index (χ1v) is 6.02. The van der Waals surface area contributed by atoms with Crippen LogP contribution in [0.15, 0.2) is 30.3 Å². The van der Waals surface area contributed by atoms with E-state index in [1.807, 2.05) is 0 Å². The zero-order valence-electron chi connectivity index (χ0n) is 10.1. The normalized spacial score (nSPS) is 10.8. The first-order chi connectivity index (χ1) is 8.38. The van der Waals surface area contributed by atoms with Crippen LogP contribution in [0.25, 0.3) is 0 Å². The minimum Gasteiger partial charge on any atom is -0.288 e. The van der Waals surface area contributed by atoms with E-state index in [1.54, 1.807) is 30.3 Å². The molecule has 1 aromatic rings. The fraction of sp³-hybridized carbons (Fsp3) is 0.333. The molecule has 0 aliphatic carbocycles. The molecule has 1 rings (SSSR count). The van der Waals surface area contributed by atoms with Crippen LogP contribution >= 0.6 is 0 Å². The third-order valence-corrected chi connectivity index (χ3v) is 3.01. The van der Waals surface area contributed by atoms with Crippen LogP contribution in [0.1, 0.15) is 30.6 Å². The molecule has 0 amide bonds. The predicted octanol–water partition coefficient (Wildman–Crippen LogP) is 1.70. The molecule has 0 spiro atoms. The zero-order chi connectivity index (χ0) is 13.8. The van der Waals surface area contributed by atoms with Gasteiger partial charge in [0, 0.05) is 24.3 Å². The largest absolute Gasteiger partial charge is 0.288 e. The molecule has 1 aromatic carbocycles. The molecule has 0 unspecified atom stereocenters. The summed E-state index contributed by atoms with van der Waals surface area (Å²) < 4.78 is 11.0. The molecular weight excluding hydrogens is 254 g/mol. The highest BCUT2D eigenvalue weighted by Crippen LogP contribution is 2.15. The lowest BCUT2D eigenvalue weighted by atomic mass is 9.95. The van der Waals surface area contributed by atoms with Gasteiger partial charge in [0.1, 0.15) is 4.86 Å². The van der Waals surface area contributed by atoms with Crippen molar-refractivity contribution in [2.75, 3.05) is 0 Å². The molecule has 0 aromatic heterocycles. The topological polar surface area (TPSA) is 77.3 Å². The second-order valence-corrected chi connectivity index (χ2v) is 5.11. The Hall–Kier alpha value is -1.82. The van der Waals surface area contributed by atoms with Crippen molar-refractivity contribution in [2.45, 2.75) is 25.8 Å². The lowest BCUT2D eigenvalue weighted by molar-refractivity contribution is -0.558. The van der Waals surface area contributed by atoms with Crippen molar-refractivity contribution in [1.82, 2.24) is 0 Å².